The van der Waals surface area contributed by atoms with Crippen molar-refractivity contribution in [3.63, 3.8) is 0 Å². The fourth-order valence-corrected chi connectivity index (χ4v) is 7.42. The maximum atomic E-state index is 14.9. The van der Waals surface area contributed by atoms with Gasteiger partial charge in [-0.1, -0.05) is 85.5 Å². The average Bonchev–Trinajstić information content (AvgIpc) is 2.54. The van der Waals surface area contributed by atoms with Crippen LogP contribution in [0.2, 0.25) is 10.0 Å². The Hall–Kier alpha value is -1.15. The quantitative estimate of drug-likeness (QED) is 0.459. The Balaban J connectivity index is 3.06. The number of halogens is 2. The Morgan fingerprint density at radius 1 is 0.667 bits per heavy atom. The maximum absolute atomic E-state index is 14.9. The Morgan fingerprint density at radius 3 is 1.20 bits per heavy atom. The van der Waals surface area contributed by atoms with Crippen LogP contribution in [0.4, 0.5) is 0 Å². The number of hydrogen-bond donors (Lipinski definition) is 2. The monoisotopic (exact) mass is 470 g/mol. The molecule has 0 saturated heterocycles. The van der Waals surface area contributed by atoms with Gasteiger partial charge in [0.2, 0.25) is 0 Å². The minimum atomic E-state index is -3.60. The number of hydrogen-bond acceptors (Lipinski definition) is 3. The van der Waals surface area contributed by atoms with Crippen LogP contribution >= 0.6 is 30.3 Å². The van der Waals surface area contributed by atoms with Crippen LogP contribution in [0.1, 0.15) is 73.4 Å². The molecular weight excluding hydrogens is 438 g/mol. The average molecular weight is 471 g/mol. The van der Waals surface area contributed by atoms with Crippen LogP contribution < -0.4 is 10.6 Å². The molecule has 0 bridgehead atoms. The molecule has 0 radical (unpaired) electrons. The first-order valence-electron chi connectivity index (χ1n) is 9.99. The fourth-order valence-electron chi connectivity index (χ4n) is 3.65. The highest BCUT2D eigenvalue weighted by Crippen LogP contribution is 2.60. The molecule has 2 N–H and O–H groups in total. The Morgan fingerprint density at radius 2 is 0.967 bits per heavy atom. The molecule has 0 spiro atoms. The smallest absolute Gasteiger partial charge is 0.155 e. The van der Waals surface area contributed by atoms with E-state index in [1.54, 1.807) is 24.3 Å². The fraction of sp³-hybridized carbons (Fsp3) is 0.500. The largest absolute Gasteiger partial charge is 0.507 e. The second-order valence-corrected chi connectivity index (χ2v) is 15.3. The van der Waals surface area contributed by atoms with Crippen molar-refractivity contribution in [2.45, 2.75) is 78.3 Å². The van der Waals surface area contributed by atoms with Crippen molar-refractivity contribution in [3.8, 4) is 11.5 Å². The summed E-state index contributed by atoms with van der Waals surface area (Å²) in [6.45, 7) is 17.2. The lowest BCUT2D eigenvalue weighted by Crippen LogP contribution is -2.33. The Labute approximate surface area is 190 Å². The Kier molecular flexibility index (Phi) is 6.50. The van der Waals surface area contributed by atoms with Gasteiger partial charge in [0.05, 0.1) is 10.6 Å². The molecule has 2 aromatic carbocycles. The topological polar surface area (TPSA) is 57.5 Å². The zero-order chi connectivity index (χ0) is 23.4. The molecule has 0 aliphatic heterocycles. The summed E-state index contributed by atoms with van der Waals surface area (Å²) in [7, 11) is -3.60. The predicted octanol–water partition coefficient (Wildman–Crippen LogP) is 7.11. The van der Waals surface area contributed by atoms with Gasteiger partial charge < -0.3 is 14.8 Å². The predicted molar refractivity (Wildman–Crippen MR) is 130 cm³/mol. The van der Waals surface area contributed by atoms with E-state index < -0.39 is 23.1 Å². The van der Waals surface area contributed by atoms with Crippen LogP contribution in [-0.4, -0.2) is 15.4 Å². The van der Waals surface area contributed by atoms with Crippen LogP contribution in [0.15, 0.2) is 24.3 Å². The summed E-state index contributed by atoms with van der Waals surface area (Å²) in [5, 5.41) is 22.9. The molecule has 0 aromatic heterocycles. The van der Waals surface area contributed by atoms with Crippen LogP contribution in [0.25, 0.3) is 0 Å². The van der Waals surface area contributed by atoms with Gasteiger partial charge >= 0.3 is 0 Å². The van der Waals surface area contributed by atoms with Crippen LogP contribution in [0, 0.1) is 0 Å². The summed E-state index contributed by atoms with van der Waals surface area (Å²) >= 11 is 12.9. The molecule has 2 aromatic rings. The van der Waals surface area contributed by atoms with Crippen molar-refractivity contribution < 1.29 is 14.8 Å². The van der Waals surface area contributed by atoms with E-state index in [9.17, 15) is 14.8 Å². The molecular formula is C24H33Cl2O3P. The molecule has 0 heterocycles. The summed E-state index contributed by atoms with van der Waals surface area (Å²) in [5.74, 6) is -0.108. The molecule has 6 heteroatoms. The van der Waals surface area contributed by atoms with Crippen molar-refractivity contribution in [1.29, 1.82) is 0 Å². The highest BCUT2D eigenvalue weighted by molar-refractivity contribution is 7.80. The van der Waals surface area contributed by atoms with Gasteiger partial charge in [-0.2, -0.15) is 0 Å². The molecule has 3 nitrogen and oxygen atoms in total. The third-order valence-corrected chi connectivity index (χ3v) is 9.71. The van der Waals surface area contributed by atoms with Crippen molar-refractivity contribution in [2.24, 2.45) is 0 Å². The van der Waals surface area contributed by atoms with Gasteiger partial charge in [0.1, 0.15) is 11.5 Å². The second kappa shape index (κ2) is 7.76. The third kappa shape index (κ3) is 4.40. The zero-order valence-corrected chi connectivity index (χ0v) is 21.7. The normalized spacial score (nSPS) is 13.6. The van der Waals surface area contributed by atoms with E-state index in [0.717, 1.165) is 0 Å². The van der Waals surface area contributed by atoms with E-state index in [2.05, 4.69) is 0 Å². The lowest BCUT2D eigenvalue weighted by Gasteiger charge is -2.35. The molecule has 0 aliphatic carbocycles. The van der Waals surface area contributed by atoms with Gasteiger partial charge in [0, 0.05) is 26.3 Å². The molecule has 2 rings (SSSR count). The Bertz CT molecular complexity index is 949. The minimum absolute atomic E-state index is 0.0538. The molecule has 30 heavy (non-hydrogen) atoms. The molecule has 0 unspecified atom stereocenters. The summed E-state index contributed by atoms with van der Waals surface area (Å²) < 4.78 is 14.9. The molecule has 0 aliphatic rings. The zero-order valence-electron chi connectivity index (χ0n) is 19.3. The van der Waals surface area contributed by atoms with Crippen molar-refractivity contribution in [2.75, 3.05) is 0 Å². The van der Waals surface area contributed by atoms with Crippen molar-refractivity contribution >= 4 is 41.0 Å². The number of phenolic OH excluding ortho intramolecular Hbond substituents is 2. The SMILES string of the molecule is CC(C)(C)c1cc(Cl)cc(P(=O)(c2cc(Cl)cc(C(C)(C)C)c2O)C(C)(C)C)c1O. The second-order valence-electron chi connectivity index (χ2n) is 10.9. The molecule has 0 saturated carbocycles. The van der Waals surface area contributed by atoms with E-state index in [0.29, 0.717) is 21.2 Å². The van der Waals surface area contributed by atoms with Crippen LogP contribution in [0.3, 0.4) is 0 Å². The molecule has 0 atom stereocenters. The lowest BCUT2D eigenvalue weighted by atomic mass is 9.86. The summed E-state index contributed by atoms with van der Waals surface area (Å²) in [4.78, 5) is 0. The highest BCUT2D eigenvalue weighted by Gasteiger charge is 2.45. The number of aromatic hydroxyl groups is 2. The van der Waals surface area contributed by atoms with Crippen LogP contribution in [0.5, 0.6) is 11.5 Å². The minimum Gasteiger partial charge on any atom is -0.507 e. The van der Waals surface area contributed by atoms with Gasteiger partial charge in [0.15, 0.2) is 7.14 Å². The van der Waals surface area contributed by atoms with Crippen molar-refractivity contribution in [3.05, 3.63) is 45.4 Å². The highest BCUT2D eigenvalue weighted by atomic mass is 35.5. The standard InChI is InChI=1S/C24H33Cl2O3P/c1-22(2,3)16-10-14(25)12-18(20(16)27)30(29,24(7,8)9)19-13-15(26)11-17(21(19)28)23(4,5)6/h10-13,27-28H,1-9H3. The van der Waals surface area contributed by atoms with E-state index in [-0.39, 0.29) is 22.1 Å². The number of rotatable bonds is 2. The van der Waals surface area contributed by atoms with E-state index >= 15 is 0 Å². The maximum Gasteiger partial charge on any atom is 0.155 e. The van der Waals surface area contributed by atoms with Gasteiger partial charge in [-0.3, -0.25) is 0 Å². The summed E-state index contributed by atoms with van der Waals surface area (Å²) in [5.41, 5.74) is 0.373. The molecule has 0 amide bonds. The molecule has 166 valence electrons. The van der Waals surface area contributed by atoms with E-state index in [4.69, 9.17) is 23.2 Å². The third-order valence-electron chi connectivity index (χ3n) is 5.35. The van der Waals surface area contributed by atoms with Gasteiger partial charge in [-0.05, 0) is 35.1 Å². The van der Waals surface area contributed by atoms with Gasteiger partial charge in [-0.15, -0.1) is 0 Å². The lowest BCUT2D eigenvalue weighted by molar-refractivity contribution is 0.448. The van der Waals surface area contributed by atoms with Gasteiger partial charge in [-0.25, -0.2) is 0 Å². The summed E-state index contributed by atoms with van der Waals surface area (Å²) in [6.07, 6.45) is 0. The first kappa shape index (κ1) is 25.1. The van der Waals surface area contributed by atoms with Crippen molar-refractivity contribution in [1.82, 2.24) is 0 Å². The number of benzene rings is 2. The van der Waals surface area contributed by atoms with Crippen LogP contribution in [-0.2, 0) is 15.4 Å². The molecule has 0 fully saturated rings. The first-order chi connectivity index (χ1) is 13.3. The first-order valence-corrected chi connectivity index (χ1v) is 12.5. The van der Waals surface area contributed by atoms with Gasteiger partial charge in [0.25, 0.3) is 0 Å². The summed E-state index contributed by atoms with van der Waals surface area (Å²) in [6, 6.07) is 6.50. The van der Waals surface area contributed by atoms with E-state index in [1.165, 1.54) is 0 Å². The number of phenols is 2. The van der Waals surface area contributed by atoms with E-state index in [1.807, 2.05) is 62.3 Å².